The topological polar surface area (TPSA) is 43.4 Å². The van der Waals surface area contributed by atoms with Gasteiger partial charge < -0.3 is 4.74 Å². The standard InChI is InChI=1S/C12H16O3/c1-2-15-12(14)5-3-4-10-6-8-11(13)9-7-10/h3-5H,2,6-9H2,1H3/b5-3+. The van der Waals surface area contributed by atoms with Gasteiger partial charge in [0.25, 0.3) is 0 Å². The third-order valence-corrected chi connectivity index (χ3v) is 2.30. The van der Waals surface area contributed by atoms with Crippen molar-refractivity contribution in [1.29, 1.82) is 0 Å². The van der Waals surface area contributed by atoms with Gasteiger partial charge >= 0.3 is 5.97 Å². The number of hydrogen-bond acceptors (Lipinski definition) is 3. The Bertz CT molecular complexity index is 288. The van der Waals surface area contributed by atoms with Crippen LogP contribution < -0.4 is 0 Å². The van der Waals surface area contributed by atoms with Crippen LogP contribution in [0.5, 0.6) is 0 Å². The lowest BCUT2D eigenvalue weighted by molar-refractivity contribution is -0.137. The maximum Gasteiger partial charge on any atom is 0.330 e. The summed E-state index contributed by atoms with van der Waals surface area (Å²) in [4.78, 5) is 21.9. The Hall–Kier alpha value is -1.38. The molecule has 0 aromatic carbocycles. The van der Waals surface area contributed by atoms with Gasteiger partial charge in [0.15, 0.2) is 0 Å². The van der Waals surface area contributed by atoms with Crippen LogP contribution in [0.1, 0.15) is 32.6 Å². The van der Waals surface area contributed by atoms with Gasteiger partial charge in [-0.05, 0) is 19.8 Å². The second-order valence-electron chi connectivity index (χ2n) is 3.47. The number of allylic oxidation sites excluding steroid dienone is 3. The van der Waals surface area contributed by atoms with Crippen LogP contribution in [0.25, 0.3) is 0 Å². The molecule has 0 saturated heterocycles. The molecule has 1 fully saturated rings. The molecule has 0 atom stereocenters. The molecule has 1 aliphatic carbocycles. The molecule has 0 aromatic heterocycles. The van der Waals surface area contributed by atoms with Gasteiger partial charge in [-0.2, -0.15) is 0 Å². The van der Waals surface area contributed by atoms with Crippen LogP contribution in [0, 0.1) is 0 Å². The normalized spacial score (nSPS) is 16.9. The van der Waals surface area contributed by atoms with Crippen LogP contribution in [0.4, 0.5) is 0 Å². The van der Waals surface area contributed by atoms with Crippen molar-refractivity contribution >= 4 is 11.8 Å². The summed E-state index contributed by atoms with van der Waals surface area (Å²) in [5.41, 5.74) is 1.23. The zero-order valence-electron chi connectivity index (χ0n) is 8.99. The Kier molecular flexibility index (Phi) is 4.81. The molecule has 0 amide bonds. The average Bonchev–Trinajstić information content (AvgIpc) is 2.21. The minimum Gasteiger partial charge on any atom is -0.463 e. The predicted molar refractivity (Wildman–Crippen MR) is 57.3 cm³/mol. The summed E-state index contributed by atoms with van der Waals surface area (Å²) in [6, 6.07) is 0. The summed E-state index contributed by atoms with van der Waals surface area (Å²) in [5.74, 6) is 0.0164. The van der Waals surface area contributed by atoms with Crippen molar-refractivity contribution in [3.8, 4) is 0 Å². The van der Waals surface area contributed by atoms with Crippen LogP contribution in [-0.4, -0.2) is 18.4 Å². The average molecular weight is 208 g/mol. The van der Waals surface area contributed by atoms with E-state index in [1.165, 1.54) is 11.6 Å². The third kappa shape index (κ3) is 4.58. The van der Waals surface area contributed by atoms with E-state index in [2.05, 4.69) is 0 Å². The van der Waals surface area contributed by atoms with Gasteiger partial charge in [0.05, 0.1) is 6.61 Å². The molecule has 1 saturated carbocycles. The highest BCUT2D eigenvalue weighted by Gasteiger charge is 2.11. The fourth-order valence-electron chi connectivity index (χ4n) is 1.47. The molecular weight excluding hydrogens is 192 g/mol. The van der Waals surface area contributed by atoms with E-state index < -0.39 is 0 Å². The van der Waals surface area contributed by atoms with Crippen LogP contribution in [0.2, 0.25) is 0 Å². The smallest absolute Gasteiger partial charge is 0.330 e. The van der Waals surface area contributed by atoms with E-state index in [4.69, 9.17) is 4.74 Å². The molecule has 3 nitrogen and oxygen atoms in total. The number of hydrogen-bond donors (Lipinski definition) is 0. The summed E-state index contributed by atoms with van der Waals surface area (Å²) >= 11 is 0. The molecule has 0 aromatic rings. The van der Waals surface area contributed by atoms with Crippen LogP contribution >= 0.6 is 0 Å². The summed E-state index contributed by atoms with van der Waals surface area (Å²) in [6.45, 7) is 2.17. The van der Waals surface area contributed by atoms with Crippen molar-refractivity contribution in [2.24, 2.45) is 0 Å². The Morgan fingerprint density at radius 2 is 2.00 bits per heavy atom. The molecule has 1 aliphatic rings. The monoisotopic (exact) mass is 208 g/mol. The maximum absolute atomic E-state index is 11.0. The summed E-state index contributed by atoms with van der Waals surface area (Å²) in [7, 11) is 0. The lowest BCUT2D eigenvalue weighted by Crippen LogP contribution is -2.05. The first-order chi connectivity index (χ1) is 7.22. The molecule has 0 radical (unpaired) electrons. The number of esters is 1. The first-order valence-corrected chi connectivity index (χ1v) is 5.27. The highest BCUT2D eigenvalue weighted by Crippen LogP contribution is 2.20. The summed E-state index contributed by atoms with van der Waals surface area (Å²) in [6.07, 6.45) is 7.94. The number of ketones is 1. The minimum absolute atomic E-state index is 0.318. The Labute approximate surface area is 89.8 Å². The van der Waals surface area contributed by atoms with Crippen molar-refractivity contribution in [3.63, 3.8) is 0 Å². The van der Waals surface area contributed by atoms with Gasteiger partial charge in [-0.1, -0.05) is 17.7 Å². The first kappa shape index (κ1) is 11.7. The SMILES string of the molecule is CCOC(=O)/C=C/C=C1CCC(=O)CC1. The predicted octanol–water partition coefficient (Wildman–Crippen LogP) is 2.18. The van der Waals surface area contributed by atoms with Crippen LogP contribution in [0.3, 0.4) is 0 Å². The molecule has 0 heterocycles. The summed E-state index contributed by atoms with van der Waals surface area (Å²) in [5, 5.41) is 0. The second kappa shape index (κ2) is 6.17. The van der Waals surface area contributed by atoms with E-state index in [0.29, 0.717) is 25.2 Å². The molecule has 0 spiro atoms. The molecule has 0 N–H and O–H groups in total. The van der Waals surface area contributed by atoms with E-state index in [1.54, 1.807) is 13.0 Å². The van der Waals surface area contributed by atoms with Crippen molar-refractivity contribution in [2.75, 3.05) is 6.61 Å². The van der Waals surface area contributed by atoms with Gasteiger partial charge in [-0.15, -0.1) is 0 Å². The molecule has 0 aliphatic heterocycles. The van der Waals surface area contributed by atoms with E-state index in [0.717, 1.165) is 12.8 Å². The van der Waals surface area contributed by atoms with E-state index in [1.807, 2.05) is 6.08 Å². The Morgan fingerprint density at radius 1 is 1.33 bits per heavy atom. The van der Waals surface area contributed by atoms with Gasteiger partial charge in [-0.3, -0.25) is 4.79 Å². The fourth-order valence-corrected chi connectivity index (χ4v) is 1.47. The highest BCUT2D eigenvalue weighted by atomic mass is 16.5. The largest absolute Gasteiger partial charge is 0.463 e. The molecule has 82 valence electrons. The third-order valence-electron chi connectivity index (χ3n) is 2.30. The van der Waals surface area contributed by atoms with E-state index >= 15 is 0 Å². The quantitative estimate of drug-likeness (QED) is 0.527. The number of carbonyl (C=O) groups excluding carboxylic acids is 2. The molecule has 1 rings (SSSR count). The number of Topliss-reactive ketones (excluding diaryl/α,β-unsaturated/α-hetero) is 1. The van der Waals surface area contributed by atoms with Crippen molar-refractivity contribution in [1.82, 2.24) is 0 Å². The Balaban J connectivity index is 2.37. The maximum atomic E-state index is 11.0. The summed E-state index contributed by atoms with van der Waals surface area (Å²) < 4.78 is 4.74. The zero-order chi connectivity index (χ0) is 11.1. The molecule has 0 bridgehead atoms. The number of ether oxygens (including phenoxy) is 1. The molecule has 3 heteroatoms. The minimum atomic E-state index is -0.318. The van der Waals surface area contributed by atoms with Gasteiger partial charge in [-0.25, -0.2) is 4.79 Å². The van der Waals surface area contributed by atoms with Crippen molar-refractivity contribution in [2.45, 2.75) is 32.6 Å². The lowest BCUT2D eigenvalue weighted by atomic mass is 9.94. The van der Waals surface area contributed by atoms with Gasteiger partial charge in [0.1, 0.15) is 5.78 Å². The second-order valence-corrected chi connectivity index (χ2v) is 3.47. The molecule has 15 heavy (non-hydrogen) atoms. The lowest BCUT2D eigenvalue weighted by Gasteiger charge is -2.11. The fraction of sp³-hybridized carbons (Fsp3) is 0.500. The van der Waals surface area contributed by atoms with E-state index in [-0.39, 0.29) is 5.97 Å². The van der Waals surface area contributed by atoms with Gasteiger partial charge in [0, 0.05) is 18.9 Å². The van der Waals surface area contributed by atoms with Gasteiger partial charge in [0.2, 0.25) is 0 Å². The highest BCUT2D eigenvalue weighted by molar-refractivity contribution is 5.82. The van der Waals surface area contributed by atoms with Crippen molar-refractivity contribution < 1.29 is 14.3 Å². The van der Waals surface area contributed by atoms with E-state index in [9.17, 15) is 9.59 Å². The zero-order valence-corrected chi connectivity index (χ0v) is 8.99. The number of carbonyl (C=O) groups is 2. The van der Waals surface area contributed by atoms with Crippen molar-refractivity contribution in [3.05, 3.63) is 23.8 Å². The number of rotatable bonds is 3. The Morgan fingerprint density at radius 3 is 2.60 bits per heavy atom. The molecule has 0 unspecified atom stereocenters. The van der Waals surface area contributed by atoms with Crippen LogP contribution in [0.15, 0.2) is 23.8 Å². The molecular formula is C12H16O3. The first-order valence-electron chi connectivity index (χ1n) is 5.27. The van der Waals surface area contributed by atoms with Crippen LogP contribution in [-0.2, 0) is 14.3 Å².